The van der Waals surface area contributed by atoms with Gasteiger partial charge in [-0.2, -0.15) is 0 Å². The van der Waals surface area contributed by atoms with Crippen LogP contribution in [-0.4, -0.2) is 52.7 Å². The van der Waals surface area contributed by atoms with Gasteiger partial charge in [-0.05, 0) is 48.1 Å². The van der Waals surface area contributed by atoms with Crippen molar-refractivity contribution in [1.29, 1.82) is 0 Å². The lowest BCUT2D eigenvalue weighted by atomic mass is 9.95. The predicted molar refractivity (Wildman–Crippen MR) is 130 cm³/mol. The van der Waals surface area contributed by atoms with Crippen molar-refractivity contribution in [3.05, 3.63) is 65.2 Å². The summed E-state index contributed by atoms with van der Waals surface area (Å²) in [5.74, 6) is -0.224. The van der Waals surface area contributed by atoms with Gasteiger partial charge in [0.25, 0.3) is 5.91 Å². The van der Waals surface area contributed by atoms with Crippen molar-refractivity contribution in [3.8, 4) is 0 Å². The number of rotatable bonds is 6. The molecule has 1 aliphatic heterocycles. The summed E-state index contributed by atoms with van der Waals surface area (Å²) in [6.07, 6.45) is 1.70. The third-order valence-electron chi connectivity index (χ3n) is 7.82. The van der Waals surface area contributed by atoms with Crippen molar-refractivity contribution in [2.75, 3.05) is 18.9 Å². The van der Waals surface area contributed by atoms with Gasteiger partial charge in [0.15, 0.2) is 0 Å². The fraction of sp³-hybridized carbons (Fsp3) is 0.407. The Kier molecular flexibility index (Phi) is 5.62. The first-order chi connectivity index (χ1) is 16.7. The molecule has 2 unspecified atom stereocenters. The third kappa shape index (κ3) is 4.07. The van der Waals surface area contributed by atoms with Gasteiger partial charge < -0.3 is 15.1 Å². The number of imide groups is 1. The number of anilines is 1. The predicted octanol–water partition coefficient (Wildman–Crippen LogP) is 2.89. The molecule has 2 N–H and O–H groups in total. The highest BCUT2D eigenvalue weighted by Crippen LogP contribution is 2.41. The molecule has 5 amide bonds. The minimum atomic E-state index is -0.905. The number of nitrogens with zero attached hydrogens (tertiary/aromatic N) is 2. The normalized spacial score (nSPS) is 25.3. The van der Waals surface area contributed by atoms with Crippen LogP contribution in [0.1, 0.15) is 43.0 Å². The van der Waals surface area contributed by atoms with E-state index < -0.39 is 11.6 Å². The number of benzene rings is 2. The number of carbonyl (C=O) groups excluding carboxylic acids is 4. The van der Waals surface area contributed by atoms with E-state index >= 15 is 0 Å². The number of fused-ring (bicyclic) bond motifs is 1. The zero-order chi connectivity index (χ0) is 24.9. The molecule has 35 heavy (non-hydrogen) atoms. The molecule has 4 atom stereocenters. The number of amides is 5. The van der Waals surface area contributed by atoms with E-state index in [0.717, 1.165) is 23.1 Å². The van der Waals surface area contributed by atoms with Gasteiger partial charge in [0, 0.05) is 31.5 Å². The first-order valence-electron chi connectivity index (χ1n) is 12.1. The Hall–Kier alpha value is -3.68. The standard InChI is InChI=1S/C27H30N4O4/c1-16-11-22(16)24(33)31(17(2)18-7-5-4-6-8-18)15-23(32)28-21-10-9-19-13-27(14-20(19)12-21)25(34)29-26(35)30(27)3/h4-10,12,16-17,22H,11,13-15H2,1-3H3,(H,28,32)(H,29,34,35)/t16?,17-,22?,27+/m1/s1. The molecule has 1 heterocycles. The monoisotopic (exact) mass is 474 g/mol. The SMILES string of the molecule is CC1CC1C(=O)N(CC(=O)Nc1ccc2c(c1)C[C@@]1(C2)C(=O)NC(=O)N1C)[C@H](C)c1ccccc1. The smallest absolute Gasteiger partial charge is 0.324 e. The molecular weight excluding hydrogens is 444 g/mol. The molecule has 1 spiro atoms. The van der Waals surface area contributed by atoms with Crippen LogP contribution in [0.4, 0.5) is 10.5 Å². The second kappa shape index (κ2) is 8.52. The Morgan fingerprint density at radius 3 is 2.46 bits per heavy atom. The fourth-order valence-electron chi connectivity index (χ4n) is 5.33. The molecule has 2 aromatic carbocycles. The Morgan fingerprint density at radius 2 is 1.83 bits per heavy atom. The third-order valence-corrected chi connectivity index (χ3v) is 7.82. The van der Waals surface area contributed by atoms with Crippen LogP contribution >= 0.6 is 0 Å². The zero-order valence-corrected chi connectivity index (χ0v) is 20.2. The molecule has 2 aromatic rings. The number of likely N-dealkylation sites (N-methyl/N-ethyl adjacent to an activating group) is 1. The summed E-state index contributed by atoms with van der Waals surface area (Å²) in [5.41, 5.74) is 2.60. The van der Waals surface area contributed by atoms with Gasteiger partial charge >= 0.3 is 6.03 Å². The summed E-state index contributed by atoms with van der Waals surface area (Å²) in [6.45, 7) is 3.96. The maximum Gasteiger partial charge on any atom is 0.324 e. The molecule has 2 aliphatic carbocycles. The lowest BCUT2D eigenvalue weighted by Crippen LogP contribution is -2.48. The Labute approximate surface area is 204 Å². The highest BCUT2D eigenvalue weighted by molar-refractivity contribution is 6.07. The quantitative estimate of drug-likeness (QED) is 0.629. The summed E-state index contributed by atoms with van der Waals surface area (Å²) in [5, 5.41) is 5.33. The molecule has 0 bridgehead atoms. The Balaban J connectivity index is 1.31. The molecule has 182 valence electrons. The summed E-state index contributed by atoms with van der Waals surface area (Å²) in [6, 6.07) is 14.7. The minimum Gasteiger partial charge on any atom is -0.326 e. The van der Waals surface area contributed by atoms with Crippen LogP contribution in [0.5, 0.6) is 0 Å². The van der Waals surface area contributed by atoms with Crippen molar-refractivity contribution in [2.24, 2.45) is 11.8 Å². The largest absolute Gasteiger partial charge is 0.326 e. The molecule has 8 nitrogen and oxygen atoms in total. The second-order valence-electron chi connectivity index (χ2n) is 10.1. The van der Waals surface area contributed by atoms with E-state index in [-0.39, 0.29) is 36.2 Å². The minimum absolute atomic E-state index is 0.0137. The molecule has 1 saturated carbocycles. The fourth-order valence-corrected chi connectivity index (χ4v) is 5.33. The van der Waals surface area contributed by atoms with Gasteiger partial charge in [-0.3, -0.25) is 19.7 Å². The van der Waals surface area contributed by atoms with E-state index in [1.54, 1.807) is 18.0 Å². The van der Waals surface area contributed by atoms with Crippen LogP contribution in [-0.2, 0) is 27.2 Å². The van der Waals surface area contributed by atoms with Gasteiger partial charge in [-0.15, -0.1) is 0 Å². The lowest BCUT2D eigenvalue weighted by Gasteiger charge is -2.29. The van der Waals surface area contributed by atoms with E-state index in [1.807, 2.05) is 49.4 Å². The molecule has 2 fully saturated rings. The maximum absolute atomic E-state index is 13.2. The first-order valence-corrected chi connectivity index (χ1v) is 12.1. The first kappa shape index (κ1) is 23.1. The van der Waals surface area contributed by atoms with E-state index in [0.29, 0.717) is 24.4 Å². The molecule has 5 rings (SSSR count). The van der Waals surface area contributed by atoms with Crippen molar-refractivity contribution in [3.63, 3.8) is 0 Å². The van der Waals surface area contributed by atoms with Gasteiger partial charge in [-0.1, -0.05) is 43.3 Å². The zero-order valence-electron chi connectivity index (χ0n) is 20.2. The molecular formula is C27H30N4O4. The molecule has 8 heteroatoms. The van der Waals surface area contributed by atoms with Crippen LogP contribution in [0, 0.1) is 11.8 Å². The van der Waals surface area contributed by atoms with Crippen LogP contribution < -0.4 is 10.6 Å². The second-order valence-corrected chi connectivity index (χ2v) is 10.1. The van der Waals surface area contributed by atoms with Crippen LogP contribution in [0.25, 0.3) is 0 Å². The number of hydrogen-bond donors (Lipinski definition) is 2. The van der Waals surface area contributed by atoms with Gasteiger partial charge in [0.2, 0.25) is 11.8 Å². The molecule has 0 aromatic heterocycles. The molecule has 0 radical (unpaired) electrons. The number of nitrogens with one attached hydrogen (secondary N) is 2. The highest BCUT2D eigenvalue weighted by atomic mass is 16.2. The van der Waals surface area contributed by atoms with Gasteiger partial charge in [0.1, 0.15) is 12.1 Å². The Morgan fingerprint density at radius 1 is 1.14 bits per heavy atom. The van der Waals surface area contributed by atoms with Crippen LogP contribution in [0.3, 0.4) is 0 Å². The van der Waals surface area contributed by atoms with E-state index in [2.05, 4.69) is 17.6 Å². The average molecular weight is 475 g/mol. The van der Waals surface area contributed by atoms with Crippen molar-refractivity contribution in [2.45, 2.75) is 44.7 Å². The number of carbonyl (C=O) groups is 4. The maximum atomic E-state index is 13.2. The van der Waals surface area contributed by atoms with Crippen LogP contribution in [0.15, 0.2) is 48.5 Å². The average Bonchev–Trinajstić information content (AvgIpc) is 3.39. The van der Waals surface area contributed by atoms with E-state index in [1.165, 1.54) is 4.90 Å². The van der Waals surface area contributed by atoms with Crippen molar-refractivity contribution in [1.82, 2.24) is 15.1 Å². The van der Waals surface area contributed by atoms with Gasteiger partial charge in [-0.25, -0.2) is 4.79 Å². The highest BCUT2D eigenvalue weighted by Gasteiger charge is 2.54. The Bertz CT molecular complexity index is 1210. The number of hydrogen-bond acceptors (Lipinski definition) is 4. The topological polar surface area (TPSA) is 98.8 Å². The van der Waals surface area contributed by atoms with Crippen LogP contribution in [0.2, 0.25) is 0 Å². The summed E-state index contributed by atoms with van der Waals surface area (Å²) < 4.78 is 0. The number of urea groups is 1. The molecule has 3 aliphatic rings. The summed E-state index contributed by atoms with van der Waals surface area (Å²) in [7, 11) is 1.63. The molecule has 1 saturated heterocycles. The summed E-state index contributed by atoms with van der Waals surface area (Å²) >= 11 is 0. The van der Waals surface area contributed by atoms with E-state index in [4.69, 9.17) is 0 Å². The van der Waals surface area contributed by atoms with E-state index in [9.17, 15) is 19.2 Å². The van der Waals surface area contributed by atoms with Crippen molar-refractivity contribution < 1.29 is 19.2 Å². The van der Waals surface area contributed by atoms with Crippen molar-refractivity contribution >= 4 is 29.4 Å². The summed E-state index contributed by atoms with van der Waals surface area (Å²) in [4.78, 5) is 53.9. The lowest BCUT2D eigenvalue weighted by molar-refractivity contribution is -0.138. The van der Waals surface area contributed by atoms with Gasteiger partial charge in [0.05, 0.1) is 6.04 Å².